The number of rotatable bonds is 3. The lowest BCUT2D eigenvalue weighted by molar-refractivity contribution is -0.135. The van der Waals surface area contributed by atoms with Crippen molar-refractivity contribution in [3.05, 3.63) is 66.2 Å². The molecule has 1 heterocycles. The highest BCUT2D eigenvalue weighted by Gasteiger charge is 2.35. The largest absolute Gasteiger partial charge is 0.355 e. The minimum atomic E-state index is -0.130. The number of nitrogens with zero attached hydrogens (tertiary/aromatic N) is 2. The average Bonchev–Trinajstić information content (AvgIpc) is 2.54. The summed E-state index contributed by atoms with van der Waals surface area (Å²) in [4.78, 5) is 16.9. The summed E-state index contributed by atoms with van der Waals surface area (Å²) < 4.78 is 0. The zero-order chi connectivity index (χ0) is 15.5. The van der Waals surface area contributed by atoms with Crippen LogP contribution in [0.5, 0.6) is 0 Å². The van der Waals surface area contributed by atoms with E-state index in [-0.39, 0.29) is 11.9 Å². The molecule has 3 nitrogen and oxygen atoms in total. The van der Waals surface area contributed by atoms with E-state index in [9.17, 15) is 4.79 Å². The van der Waals surface area contributed by atoms with Crippen LogP contribution in [-0.2, 0) is 11.3 Å². The smallest absolute Gasteiger partial charge is 0.245 e. The zero-order valence-corrected chi connectivity index (χ0v) is 13.1. The van der Waals surface area contributed by atoms with Gasteiger partial charge in [-0.3, -0.25) is 4.79 Å². The third-order valence-corrected chi connectivity index (χ3v) is 4.32. The number of hydrogen-bond donors (Lipinski definition) is 0. The van der Waals surface area contributed by atoms with Crippen LogP contribution in [0.25, 0.3) is 0 Å². The van der Waals surface area contributed by atoms with E-state index in [1.807, 2.05) is 48.2 Å². The van der Waals surface area contributed by atoms with E-state index in [0.29, 0.717) is 12.6 Å². The molecule has 2 aromatic rings. The molecule has 114 valence electrons. The van der Waals surface area contributed by atoms with Crippen LogP contribution in [0.2, 0.25) is 0 Å². The molecule has 0 radical (unpaired) electrons. The highest BCUT2D eigenvalue weighted by molar-refractivity contribution is 5.86. The first-order valence-electron chi connectivity index (χ1n) is 7.83. The molecule has 0 bridgehead atoms. The molecule has 1 saturated heterocycles. The first-order valence-corrected chi connectivity index (χ1v) is 7.83. The zero-order valence-electron chi connectivity index (χ0n) is 13.1. The monoisotopic (exact) mass is 294 g/mol. The molecule has 1 fully saturated rings. The number of amides is 1. The van der Waals surface area contributed by atoms with Crippen molar-refractivity contribution in [1.82, 2.24) is 4.90 Å². The third kappa shape index (κ3) is 2.84. The van der Waals surface area contributed by atoms with Crippen LogP contribution in [-0.4, -0.2) is 29.4 Å². The van der Waals surface area contributed by atoms with Crippen molar-refractivity contribution in [2.75, 3.05) is 11.4 Å². The van der Waals surface area contributed by atoms with Gasteiger partial charge in [0.25, 0.3) is 0 Å². The van der Waals surface area contributed by atoms with Crippen LogP contribution in [0.15, 0.2) is 60.7 Å². The van der Waals surface area contributed by atoms with Crippen molar-refractivity contribution in [2.45, 2.75) is 32.5 Å². The fourth-order valence-electron chi connectivity index (χ4n) is 3.29. The standard InChI is InChI=1S/C19H22N2O/c1-15-13-20(14-17-9-5-3-6-10-17)19(22)16(2)21(15)18-11-7-4-8-12-18/h3-12,15-16H,13-14H2,1-2H3/t15-,16-/m0/s1. The molecule has 3 rings (SSSR count). The van der Waals surface area contributed by atoms with Gasteiger partial charge in [0.2, 0.25) is 5.91 Å². The molecule has 0 spiro atoms. The van der Waals surface area contributed by atoms with Crippen molar-refractivity contribution >= 4 is 11.6 Å². The Labute approximate surface area is 132 Å². The van der Waals surface area contributed by atoms with Crippen LogP contribution in [0, 0.1) is 0 Å². The van der Waals surface area contributed by atoms with E-state index < -0.39 is 0 Å². The first kappa shape index (κ1) is 14.6. The quantitative estimate of drug-likeness (QED) is 0.867. The Morgan fingerprint density at radius 2 is 1.55 bits per heavy atom. The predicted octanol–water partition coefficient (Wildman–Crippen LogP) is 3.31. The lowest BCUT2D eigenvalue weighted by Crippen LogP contribution is -2.59. The van der Waals surface area contributed by atoms with E-state index in [4.69, 9.17) is 0 Å². The Balaban J connectivity index is 1.79. The molecule has 2 atom stereocenters. The summed E-state index contributed by atoms with van der Waals surface area (Å²) >= 11 is 0. The van der Waals surface area contributed by atoms with Crippen molar-refractivity contribution in [1.29, 1.82) is 0 Å². The Kier molecular flexibility index (Phi) is 4.14. The number of carbonyl (C=O) groups excluding carboxylic acids is 1. The Morgan fingerprint density at radius 1 is 0.955 bits per heavy atom. The van der Waals surface area contributed by atoms with Gasteiger partial charge in [0.15, 0.2) is 0 Å². The summed E-state index contributed by atoms with van der Waals surface area (Å²) in [6.45, 7) is 5.64. The summed E-state index contributed by atoms with van der Waals surface area (Å²) in [7, 11) is 0. The van der Waals surface area contributed by atoms with Crippen LogP contribution in [0.3, 0.4) is 0 Å². The lowest BCUT2D eigenvalue weighted by atomic mass is 10.0. The third-order valence-electron chi connectivity index (χ3n) is 4.32. The Hall–Kier alpha value is -2.29. The number of benzene rings is 2. The van der Waals surface area contributed by atoms with E-state index in [1.54, 1.807) is 0 Å². The highest BCUT2D eigenvalue weighted by atomic mass is 16.2. The Morgan fingerprint density at radius 3 is 2.18 bits per heavy atom. The van der Waals surface area contributed by atoms with Crippen LogP contribution in [0.4, 0.5) is 5.69 Å². The number of piperazine rings is 1. The van der Waals surface area contributed by atoms with E-state index in [2.05, 4.69) is 36.1 Å². The number of hydrogen-bond acceptors (Lipinski definition) is 2. The predicted molar refractivity (Wildman–Crippen MR) is 89.7 cm³/mol. The van der Waals surface area contributed by atoms with Gasteiger partial charge in [-0.25, -0.2) is 0 Å². The second-order valence-corrected chi connectivity index (χ2v) is 5.97. The van der Waals surface area contributed by atoms with Gasteiger partial charge >= 0.3 is 0 Å². The van der Waals surface area contributed by atoms with E-state index in [0.717, 1.165) is 12.2 Å². The fraction of sp³-hybridized carbons (Fsp3) is 0.316. The second-order valence-electron chi connectivity index (χ2n) is 5.97. The molecule has 0 N–H and O–H groups in total. The van der Waals surface area contributed by atoms with Crippen molar-refractivity contribution in [3.63, 3.8) is 0 Å². The van der Waals surface area contributed by atoms with Gasteiger partial charge in [-0.15, -0.1) is 0 Å². The maximum Gasteiger partial charge on any atom is 0.245 e. The molecule has 0 unspecified atom stereocenters. The summed E-state index contributed by atoms with van der Waals surface area (Å²) in [5.41, 5.74) is 2.30. The van der Waals surface area contributed by atoms with Crippen molar-refractivity contribution in [3.8, 4) is 0 Å². The first-order chi connectivity index (χ1) is 10.7. The van der Waals surface area contributed by atoms with E-state index >= 15 is 0 Å². The molecule has 3 heteroatoms. The lowest BCUT2D eigenvalue weighted by Gasteiger charge is -2.45. The summed E-state index contributed by atoms with van der Waals surface area (Å²) in [6.07, 6.45) is 0. The molecule has 1 aliphatic heterocycles. The highest BCUT2D eigenvalue weighted by Crippen LogP contribution is 2.25. The van der Waals surface area contributed by atoms with Gasteiger partial charge < -0.3 is 9.80 Å². The minimum Gasteiger partial charge on any atom is -0.355 e. The Bertz CT molecular complexity index is 622. The van der Waals surface area contributed by atoms with Crippen LogP contribution >= 0.6 is 0 Å². The molecule has 0 aliphatic carbocycles. The van der Waals surface area contributed by atoms with Crippen LogP contribution < -0.4 is 4.90 Å². The normalized spacial score (nSPS) is 22.0. The maximum absolute atomic E-state index is 12.7. The second kappa shape index (κ2) is 6.22. The number of carbonyl (C=O) groups is 1. The molecule has 0 aromatic heterocycles. The molecule has 2 aromatic carbocycles. The van der Waals surface area contributed by atoms with Gasteiger partial charge in [0.1, 0.15) is 6.04 Å². The summed E-state index contributed by atoms with van der Waals surface area (Å²) in [5, 5.41) is 0. The molecule has 0 saturated carbocycles. The topological polar surface area (TPSA) is 23.6 Å². The molecule has 1 aliphatic rings. The molecule has 1 amide bonds. The van der Waals surface area contributed by atoms with Gasteiger partial charge in [-0.05, 0) is 31.5 Å². The SMILES string of the molecule is C[C@H]1CN(Cc2ccccc2)C(=O)[C@H](C)N1c1ccccc1. The summed E-state index contributed by atoms with van der Waals surface area (Å²) in [5.74, 6) is 0.200. The van der Waals surface area contributed by atoms with Gasteiger partial charge in [0, 0.05) is 24.8 Å². The van der Waals surface area contributed by atoms with Crippen LogP contribution in [0.1, 0.15) is 19.4 Å². The summed E-state index contributed by atoms with van der Waals surface area (Å²) in [6, 6.07) is 20.6. The maximum atomic E-state index is 12.7. The molecule has 22 heavy (non-hydrogen) atoms. The van der Waals surface area contributed by atoms with Gasteiger partial charge in [-0.2, -0.15) is 0 Å². The van der Waals surface area contributed by atoms with E-state index in [1.165, 1.54) is 5.56 Å². The van der Waals surface area contributed by atoms with Crippen molar-refractivity contribution in [2.24, 2.45) is 0 Å². The molecular weight excluding hydrogens is 272 g/mol. The van der Waals surface area contributed by atoms with Gasteiger partial charge in [0.05, 0.1) is 0 Å². The van der Waals surface area contributed by atoms with Crippen molar-refractivity contribution < 1.29 is 4.79 Å². The minimum absolute atomic E-state index is 0.130. The average molecular weight is 294 g/mol. The fourth-order valence-corrected chi connectivity index (χ4v) is 3.29. The number of para-hydroxylation sites is 1. The number of anilines is 1. The van der Waals surface area contributed by atoms with Gasteiger partial charge in [-0.1, -0.05) is 48.5 Å². The molecular formula is C19H22N2O.